The van der Waals surface area contributed by atoms with Gasteiger partial charge >= 0.3 is 0 Å². The molecule has 20 heavy (non-hydrogen) atoms. The van der Waals surface area contributed by atoms with Gasteiger partial charge in [0.1, 0.15) is 5.82 Å². The van der Waals surface area contributed by atoms with Crippen molar-refractivity contribution in [2.45, 2.75) is 13.5 Å². The van der Waals surface area contributed by atoms with Crippen molar-refractivity contribution in [1.82, 2.24) is 4.90 Å². The highest BCUT2D eigenvalue weighted by molar-refractivity contribution is 9.10. The fourth-order valence-corrected chi connectivity index (χ4v) is 2.60. The number of nitrogens with zero attached hydrogens (tertiary/aromatic N) is 1. The van der Waals surface area contributed by atoms with Crippen LogP contribution in [0.1, 0.15) is 21.5 Å². The first kappa shape index (κ1) is 14.7. The van der Waals surface area contributed by atoms with Crippen LogP contribution < -0.4 is 0 Å². The monoisotopic (exact) mass is 335 g/mol. The molecule has 1 amide bonds. The van der Waals surface area contributed by atoms with Gasteiger partial charge in [-0.2, -0.15) is 0 Å². The molecule has 0 aliphatic carbocycles. The second-order valence-corrected chi connectivity index (χ2v) is 5.63. The summed E-state index contributed by atoms with van der Waals surface area (Å²) in [5, 5.41) is 0. The molecule has 0 bridgehead atoms. The number of amides is 1. The summed E-state index contributed by atoms with van der Waals surface area (Å²) in [5.41, 5.74) is 2.61. The quantitative estimate of drug-likeness (QED) is 0.824. The SMILES string of the molecule is Cc1ccc(C(=O)N(C)Cc2ccc(F)cc2)c(Br)c1. The van der Waals surface area contributed by atoms with Crippen molar-refractivity contribution in [2.24, 2.45) is 0 Å². The Bertz CT molecular complexity index is 625. The summed E-state index contributed by atoms with van der Waals surface area (Å²) < 4.78 is 13.6. The maximum absolute atomic E-state index is 12.9. The van der Waals surface area contributed by atoms with Gasteiger partial charge in [0.05, 0.1) is 5.56 Å². The average Bonchev–Trinajstić information content (AvgIpc) is 2.40. The molecular weight excluding hydrogens is 321 g/mol. The van der Waals surface area contributed by atoms with Crippen LogP contribution in [0.5, 0.6) is 0 Å². The van der Waals surface area contributed by atoms with Crippen LogP contribution >= 0.6 is 15.9 Å². The molecule has 2 aromatic rings. The third-order valence-electron chi connectivity index (χ3n) is 3.03. The zero-order valence-corrected chi connectivity index (χ0v) is 12.9. The minimum Gasteiger partial charge on any atom is -0.337 e. The minimum atomic E-state index is -0.274. The van der Waals surface area contributed by atoms with Crippen molar-refractivity contribution < 1.29 is 9.18 Å². The highest BCUT2D eigenvalue weighted by Crippen LogP contribution is 2.20. The molecule has 0 saturated carbocycles. The van der Waals surface area contributed by atoms with Crippen molar-refractivity contribution in [2.75, 3.05) is 7.05 Å². The van der Waals surface area contributed by atoms with E-state index in [0.29, 0.717) is 12.1 Å². The largest absolute Gasteiger partial charge is 0.337 e. The Hall–Kier alpha value is -1.68. The van der Waals surface area contributed by atoms with Gasteiger partial charge in [-0.3, -0.25) is 4.79 Å². The summed E-state index contributed by atoms with van der Waals surface area (Å²) in [4.78, 5) is 14.0. The van der Waals surface area contributed by atoms with Crippen molar-refractivity contribution in [1.29, 1.82) is 0 Å². The summed E-state index contributed by atoms with van der Waals surface area (Å²) in [5.74, 6) is -0.342. The molecule has 0 aromatic heterocycles. The van der Waals surface area contributed by atoms with Gasteiger partial charge < -0.3 is 4.90 Å². The molecule has 0 saturated heterocycles. The fraction of sp³-hybridized carbons (Fsp3) is 0.188. The lowest BCUT2D eigenvalue weighted by atomic mass is 10.1. The van der Waals surface area contributed by atoms with Crippen LogP contribution in [0.4, 0.5) is 4.39 Å². The zero-order chi connectivity index (χ0) is 14.7. The van der Waals surface area contributed by atoms with Crippen LogP contribution in [-0.2, 0) is 6.54 Å². The van der Waals surface area contributed by atoms with Gasteiger partial charge in [-0.25, -0.2) is 4.39 Å². The van der Waals surface area contributed by atoms with Crippen LogP contribution in [0.25, 0.3) is 0 Å². The molecule has 0 N–H and O–H groups in total. The molecule has 0 heterocycles. The highest BCUT2D eigenvalue weighted by atomic mass is 79.9. The Balaban J connectivity index is 2.14. The lowest BCUT2D eigenvalue weighted by molar-refractivity contribution is 0.0784. The Morgan fingerprint density at radius 3 is 2.45 bits per heavy atom. The molecule has 0 atom stereocenters. The van der Waals surface area contributed by atoms with Gasteiger partial charge in [0.25, 0.3) is 5.91 Å². The first-order valence-corrected chi connectivity index (χ1v) is 7.03. The van der Waals surface area contributed by atoms with Crippen molar-refractivity contribution >= 4 is 21.8 Å². The first-order chi connectivity index (χ1) is 9.47. The Morgan fingerprint density at radius 1 is 1.20 bits per heavy atom. The van der Waals surface area contributed by atoms with Gasteiger partial charge in [-0.15, -0.1) is 0 Å². The van der Waals surface area contributed by atoms with Crippen LogP contribution in [-0.4, -0.2) is 17.9 Å². The van der Waals surface area contributed by atoms with Crippen LogP contribution in [0.2, 0.25) is 0 Å². The van der Waals surface area contributed by atoms with Gasteiger partial charge in [0.15, 0.2) is 0 Å². The van der Waals surface area contributed by atoms with Gasteiger partial charge in [0, 0.05) is 18.1 Å². The molecule has 4 heteroatoms. The van der Waals surface area contributed by atoms with Crippen molar-refractivity contribution in [3.05, 3.63) is 69.4 Å². The lowest BCUT2D eigenvalue weighted by Gasteiger charge is -2.18. The second kappa shape index (κ2) is 6.18. The molecule has 0 unspecified atom stereocenters. The maximum Gasteiger partial charge on any atom is 0.255 e. The number of hydrogen-bond acceptors (Lipinski definition) is 1. The molecule has 0 fully saturated rings. The number of benzene rings is 2. The van der Waals surface area contributed by atoms with E-state index in [-0.39, 0.29) is 11.7 Å². The predicted octanol–water partition coefficient (Wildman–Crippen LogP) is 4.17. The summed E-state index contributed by atoms with van der Waals surface area (Å²) in [7, 11) is 1.73. The highest BCUT2D eigenvalue weighted by Gasteiger charge is 2.15. The van der Waals surface area contributed by atoms with Crippen LogP contribution in [0.15, 0.2) is 46.9 Å². The predicted molar refractivity (Wildman–Crippen MR) is 81.1 cm³/mol. The molecule has 0 spiro atoms. The summed E-state index contributed by atoms with van der Waals surface area (Å²) >= 11 is 3.41. The molecule has 2 rings (SSSR count). The average molecular weight is 336 g/mol. The summed E-state index contributed by atoms with van der Waals surface area (Å²) in [6.07, 6.45) is 0. The number of rotatable bonds is 3. The fourth-order valence-electron chi connectivity index (χ4n) is 1.93. The molecule has 0 aliphatic rings. The van der Waals surface area contributed by atoms with E-state index in [1.807, 2.05) is 25.1 Å². The van der Waals surface area contributed by atoms with Gasteiger partial charge in [-0.1, -0.05) is 18.2 Å². The number of halogens is 2. The number of carbonyl (C=O) groups excluding carboxylic acids is 1. The molecule has 104 valence electrons. The topological polar surface area (TPSA) is 20.3 Å². The van der Waals surface area contributed by atoms with Crippen molar-refractivity contribution in [3.8, 4) is 0 Å². The smallest absolute Gasteiger partial charge is 0.255 e. The van der Waals surface area contributed by atoms with E-state index in [0.717, 1.165) is 15.6 Å². The van der Waals surface area contributed by atoms with E-state index < -0.39 is 0 Å². The summed E-state index contributed by atoms with van der Waals surface area (Å²) in [6.45, 7) is 2.42. The van der Waals surface area contributed by atoms with Gasteiger partial charge in [0.2, 0.25) is 0 Å². The Labute approximate surface area is 126 Å². The van der Waals surface area contributed by atoms with Crippen molar-refractivity contribution in [3.63, 3.8) is 0 Å². The third kappa shape index (κ3) is 3.45. The first-order valence-electron chi connectivity index (χ1n) is 6.23. The standard InChI is InChI=1S/C16H15BrFNO/c1-11-3-8-14(15(17)9-11)16(20)19(2)10-12-4-6-13(18)7-5-12/h3-9H,10H2,1-2H3. The molecule has 2 aromatic carbocycles. The lowest BCUT2D eigenvalue weighted by Crippen LogP contribution is -2.26. The summed E-state index contributed by atoms with van der Waals surface area (Å²) in [6, 6.07) is 11.8. The Kier molecular flexibility index (Phi) is 4.55. The number of aryl methyl sites for hydroxylation is 1. The van der Waals surface area contributed by atoms with E-state index in [4.69, 9.17) is 0 Å². The number of hydrogen-bond donors (Lipinski definition) is 0. The molecule has 0 aliphatic heterocycles. The van der Waals surface area contributed by atoms with Crippen LogP contribution in [0, 0.1) is 12.7 Å². The maximum atomic E-state index is 12.9. The van der Waals surface area contributed by atoms with Crippen LogP contribution in [0.3, 0.4) is 0 Å². The normalized spacial score (nSPS) is 10.4. The second-order valence-electron chi connectivity index (χ2n) is 4.77. The minimum absolute atomic E-state index is 0.0683. The Morgan fingerprint density at radius 2 is 1.85 bits per heavy atom. The third-order valence-corrected chi connectivity index (χ3v) is 3.69. The number of carbonyl (C=O) groups is 1. The molecule has 0 radical (unpaired) electrons. The van der Waals surface area contributed by atoms with Gasteiger partial charge in [-0.05, 0) is 58.2 Å². The van der Waals surface area contributed by atoms with E-state index in [2.05, 4.69) is 15.9 Å². The van der Waals surface area contributed by atoms with E-state index >= 15 is 0 Å². The van der Waals surface area contributed by atoms with E-state index in [1.165, 1.54) is 12.1 Å². The molecular formula is C16H15BrFNO. The van der Waals surface area contributed by atoms with E-state index in [9.17, 15) is 9.18 Å². The molecule has 2 nitrogen and oxygen atoms in total. The zero-order valence-electron chi connectivity index (χ0n) is 11.4. The van der Waals surface area contributed by atoms with E-state index in [1.54, 1.807) is 24.1 Å².